The fourth-order valence-corrected chi connectivity index (χ4v) is 7.15. The Morgan fingerprint density at radius 2 is 0.961 bits per heavy atom. The minimum atomic E-state index is -0.00538. The summed E-state index contributed by atoms with van der Waals surface area (Å²) in [4.78, 5) is 7.56. The van der Waals surface area contributed by atoms with Crippen LogP contribution in [-0.4, -0.2) is 5.84 Å². The molecule has 0 radical (unpaired) electrons. The first-order chi connectivity index (χ1) is 25.3. The molecular formula is C48H35N3. The Morgan fingerprint density at radius 3 is 1.69 bits per heavy atom. The SMILES string of the molecule is C1=C(c2cccc3ccccc23)N=C(c2ccc(-c3ccc(N(c4ccccc4)c4cccc5ccccc45)cc3)cc2)NC1c1ccccc1. The van der Waals surface area contributed by atoms with Crippen LogP contribution in [0.4, 0.5) is 17.1 Å². The van der Waals surface area contributed by atoms with Crippen LogP contribution in [0.5, 0.6) is 0 Å². The standard InChI is InChI=1S/C48H35N3/c1-3-15-38(16-4-1)45-33-46(44-23-11-17-36-13-7-9-21-42(36)44)50-48(49-45)39-27-25-34(26-28-39)35-29-31-41(32-30-35)51(40-19-5-2-6-20-40)47-24-12-18-37-14-8-10-22-43(37)47/h1-33,45H,(H,49,50). The van der Waals surface area contributed by atoms with Gasteiger partial charge in [-0.3, -0.25) is 0 Å². The zero-order chi connectivity index (χ0) is 34.0. The van der Waals surface area contributed by atoms with E-state index in [0.29, 0.717) is 0 Å². The minimum Gasteiger partial charge on any atom is -0.359 e. The van der Waals surface area contributed by atoms with Gasteiger partial charge in [-0.25, -0.2) is 4.99 Å². The number of fused-ring (bicyclic) bond motifs is 2. The van der Waals surface area contributed by atoms with Crippen LogP contribution in [0.15, 0.2) is 205 Å². The number of aliphatic imine (C=N–C) groups is 1. The summed E-state index contributed by atoms with van der Waals surface area (Å²) in [5.41, 5.74) is 10.1. The van der Waals surface area contributed by atoms with E-state index < -0.39 is 0 Å². The Kier molecular flexibility index (Phi) is 7.92. The van der Waals surface area contributed by atoms with Crippen molar-refractivity contribution in [1.29, 1.82) is 0 Å². The van der Waals surface area contributed by atoms with Gasteiger partial charge in [-0.05, 0) is 69.3 Å². The third-order valence-corrected chi connectivity index (χ3v) is 9.71. The summed E-state index contributed by atoms with van der Waals surface area (Å²) in [5.74, 6) is 0.866. The molecule has 242 valence electrons. The molecule has 3 nitrogen and oxygen atoms in total. The van der Waals surface area contributed by atoms with Crippen LogP contribution >= 0.6 is 0 Å². The van der Waals surface area contributed by atoms with E-state index in [1.165, 1.54) is 27.1 Å². The molecule has 1 aliphatic heterocycles. The van der Waals surface area contributed by atoms with Gasteiger partial charge in [0.15, 0.2) is 0 Å². The lowest BCUT2D eigenvalue weighted by Gasteiger charge is -2.27. The molecule has 1 unspecified atom stereocenters. The maximum Gasteiger partial charge on any atom is 0.134 e. The van der Waals surface area contributed by atoms with Gasteiger partial charge in [0, 0.05) is 27.9 Å². The number of hydrogen-bond donors (Lipinski definition) is 1. The Balaban J connectivity index is 1.05. The van der Waals surface area contributed by atoms with E-state index in [1.54, 1.807) is 0 Å². The molecule has 1 aliphatic rings. The van der Waals surface area contributed by atoms with Crippen LogP contribution in [0.1, 0.15) is 22.7 Å². The van der Waals surface area contributed by atoms with Gasteiger partial charge >= 0.3 is 0 Å². The monoisotopic (exact) mass is 653 g/mol. The number of benzene rings is 8. The highest BCUT2D eigenvalue weighted by atomic mass is 15.1. The molecule has 8 aromatic rings. The number of amidine groups is 1. The highest BCUT2D eigenvalue weighted by Gasteiger charge is 2.21. The van der Waals surface area contributed by atoms with E-state index in [0.717, 1.165) is 50.8 Å². The summed E-state index contributed by atoms with van der Waals surface area (Å²) in [6.07, 6.45) is 2.24. The van der Waals surface area contributed by atoms with Crippen molar-refractivity contribution in [3.63, 3.8) is 0 Å². The molecule has 0 saturated carbocycles. The van der Waals surface area contributed by atoms with Gasteiger partial charge in [-0.1, -0.05) is 164 Å². The van der Waals surface area contributed by atoms with Crippen molar-refractivity contribution in [3.8, 4) is 11.1 Å². The summed E-state index contributed by atoms with van der Waals surface area (Å²) in [5, 5.41) is 8.58. The molecule has 0 spiro atoms. The molecule has 0 amide bonds. The zero-order valence-electron chi connectivity index (χ0n) is 28.0. The van der Waals surface area contributed by atoms with E-state index in [4.69, 9.17) is 4.99 Å². The van der Waals surface area contributed by atoms with Gasteiger partial charge in [-0.15, -0.1) is 0 Å². The van der Waals surface area contributed by atoms with Gasteiger partial charge in [0.25, 0.3) is 0 Å². The second kappa shape index (κ2) is 13.3. The van der Waals surface area contributed by atoms with Crippen LogP contribution in [0.3, 0.4) is 0 Å². The van der Waals surface area contributed by atoms with Crippen molar-refractivity contribution in [3.05, 3.63) is 217 Å². The number of hydrogen-bond acceptors (Lipinski definition) is 3. The van der Waals surface area contributed by atoms with Crippen LogP contribution in [-0.2, 0) is 0 Å². The first kappa shape index (κ1) is 30.4. The molecule has 9 rings (SSSR count). The van der Waals surface area contributed by atoms with Crippen LogP contribution in [0, 0.1) is 0 Å². The normalized spacial score (nSPS) is 14.1. The number of rotatable bonds is 7. The maximum atomic E-state index is 5.22. The fraction of sp³-hybridized carbons (Fsp3) is 0.0208. The minimum absolute atomic E-state index is 0.00538. The van der Waals surface area contributed by atoms with E-state index in [9.17, 15) is 0 Å². The first-order valence-corrected chi connectivity index (χ1v) is 17.4. The summed E-state index contributed by atoms with van der Waals surface area (Å²) >= 11 is 0. The zero-order valence-corrected chi connectivity index (χ0v) is 28.0. The quantitative estimate of drug-likeness (QED) is 0.185. The van der Waals surface area contributed by atoms with Crippen molar-refractivity contribution < 1.29 is 0 Å². The molecule has 0 aliphatic carbocycles. The van der Waals surface area contributed by atoms with Crippen molar-refractivity contribution in [2.24, 2.45) is 4.99 Å². The van der Waals surface area contributed by atoms with Gasteiger partial charge in [0.05, 0.1) is 17.4 Å². The molecule has 0 fully saturated rings. The summed E-state index contributed by atoms with van der Waals surface area (Å²) in [6, 6.07) is 68.9. The fourth-order valence-electron chi connectivity index (χ4n) is 7.15. The molecule has 3 heteroatoms. The first-order valence-electron chi connectivity index (χ1n) is 17.4. The maximum absolute atomic E-state index is 5.22. The third-order valence-electron chi connectivity index (χ3n) is 9.71. The van der Waals surface area contributed by atoms with Crippen LogP contribution in [0.2, 0.25) is 0 Å². The number of para-hydroxylation sites is 1. The second-order valence-electron chi connectivity index (χ2n) is 12.9. The average Bonchev–Trinajstić information content (AvgIpc) is 3.22. The van der Waals surface area contributed by atoms with Crippen LogP contribution < -0.4 is 10.2 Å². The number of anilines is 3. The lowest BCUT2D eigenvalue weighted by Crippen LogP contribution is -2.31. The van der Waals surface area contributed by atoms with Crippen molar-refractivity contribution >= 4 is 50.1 Å². The molecule has 0 bridgehead atoms. The molecule has 1 atom stereocenters. The third kappa shape index (κ3) is 5.96. The van der Waals surface area contributed by atoms with Crippen molar-refractivity contribution in [1.82, 2.24) is 5.32 Å². The van der Waals surface area contributed by atoms with E-state index in [2.05, 4.69) is 210 Å². The highest BCUT2D eigenvalue weighted by Crippen LogP contribution is 2.39. The molecular weight excluding hydrogens is 619 g/mol. The van der Waals surface area contributed by atoms with E-state index in [-0.39, 0.29) is 6.04 Å². The average molecular weight is 654 g/mol. The Hall–Kier alpha value is -6.71. The van der Waals surface area contributed by atoms with E-state index >= 15 is 0 Å². The number of nitrogens with one attached hydrogen (secondary N) is 1. The number of nitrogens with zero attached hydrogens (tertiary/aromatic N) is 2. The summed E-state index contributed by atoms with van der Waals surface area (Å²) in [7, 11) is 0. The molecule has 1 N–H and O–H groups in total. The Morgan fingerprint density at radius 1 is 0.431 bits per heavy atom. The van der Waals surface area contributed by atoms with Crippen LogP contribution in [0.25, 0.3) is 38.4 Å². The molecule has 8 aromatic carbocycles. The molecule has 1 heterocycles. The highest BCUT2D eigenvalue weighted by molar-refractivity contribution is 6.06. The Labute approximate surface area is 298 Å². The Bertz CT molecular complexity index is 2520. The molecule has 51 heavy (non-hydrogen) atoms. The van der Waals surface area contributed by atoms with Gasteiger partial charge in [0.2, 0.25) is 0 Å². The van der Waals surface area contributed by atoms with Gasteiger partial charge in [-0.2, -0.15) is 0 Å². The summed E-state index contributed by atoms with van der Waals surface area (Å²) in [6.45, 7) is 0. The lowest BCUT2D eigenvalue weighted by molar-refractivity contribution is 0.781. The van der Waals surface area contributed by atoms with Gasteiger partial charge in [0.1, 0.15) is 5.84 Å². The van der Waals surface area contributed by atoms with E-state index in [1.807, 2.05) is 0 Å². The predicted molar refractivity (Wildman–Crippen MR) is 215 cm³/mol. The molecule has 0 aromatic heterocycles. The smallest absolute Gasteiger partial charge is 0.134 e. The largest absolute Gasteiger partial charge is 0.359 e. The summed E-state index contributed by atoms with van der Waals surface area (Å²) < 4.78 is 0. The lowest BCUT2D eigenvalue weighted by atomic mass is 9.97. The molecule has 0 saturated heterocycles. The van der Waals surface area contributed by atoms with Gasteiger partial charge < -0.3 is 10.2 Å². The second-order valence-corrected chi connectivity index (χ2v) is 12.9. The topological polar surface area (TPSA) is 27.6 Å². The van der Waals surface area contributed by atoms with Crippen molar-refractivity contribution in [2.75, 3.05) is 4.90 Å². The van der Waals surface area contributed by atoms with Crippen molar-refractivity contribution in [2.45, 2.75) is 6.04 Å². The predicted octanol–water partition coefficient (Wildman–Crippen LogP) is 12.3.